The van der Waals surface area contributed by atoms with Crippen LogP contribution in [0.4, 0.5) is 20.2 Å². The van der Waals surface area contributed by atoms with E-state index in [-0.39, 0.29) is 24.2 Å². The molecule has 1 aromatic carbocycles. The van der Waals surface area contributed by atoms with E-state index in [0.29, 0.717) is 18.7 Å². The number of alkyl halides is 2. The second-order valence-electron chi connectivity index (χ2n) is 4.63. The van der Waals surface area contributed by atoms with E-state index in [1.807, 2.05) is 5.43 Å². The van der Waals surface area contributed by atoms with Gasteiger partial charge >= 0.3 is 0 Å². The minimum absolute atomic E-state index is 0.103. The lowest BCUT2D eigenvalue weighted by Gasteiger charge is -2.34. The van der Waals surface area contributed by atoms with Crippen molar-refractivity contribution in [3.63, 3.8) is 0 Å². The molecule has 0 unspecified atom stereocenters. The molecule has 1 aromatic rings. The molecule has 1 heterocycles. The maximum Gasteiger partial charge on any atom is 0.267 e. The van der Waals surface area contributed by atoms with E-state index in [1.165, 1.54) is 12.1 Å². The Morgan fingerprint density at radius 2 is 2.16 bits per heavy atom. The molecular formula is C12H16F2N4O. The summed E-state index contributed by atoms with van der Waals surface area (Å²) in [6, 6.07) is 4.63. The number of piperidine rings is 1. The van der Waals surface area contributed by atoms with Gasteiger partial charge in [0.25, 0.3) is 11.8 Å². The van der Waals surface area contributed by atoms with Gasteiger partial charge in [0, 0.05) is 24.3 Å². The third kappa shape index (κ3) is 2.93. The molecule has 5 nitrogen and oxygen atoms in total. The summed E-state index contributed by atoms with van der Waals surface area (Å²) in [7, 11) is 0. The highest BCUT2D eigenvalue weighted by atomic mass is 19.3. The number of halogens is 2. The molecule has 1 amide bonds. The van der Waals surface area contributed by atoms with Crippen molar-refractivity contribution in [3.8, 4) is 0 Å². The van der Waals surface area contributed by atoms with E-state index in [9.17, 15) is 13.6 Å². The van der Waals surface area contributed by atoms with Gasteiger partial charge in [-0.15, -0.1) is 0 Å². The average Bonchev–Trinajstić information content (AvgIpc) is 2.37. The van der Waals surface area contributed by atoms with Gasteiger partial charge in [-0.05, 0) is 24.6 Å². The number of nitrogen functional groups attached to an aromatic ring is 2. The van der Waals surface area contributed by atoms with Crippen LogP contribution in [0.2, 0.25) is 0 Å². The van der Waals surface area contributed by atoms with E-state index >= 15 is 0 Å². The maximum atomic E-state index is 13.4. The van der Waals surface area contributed by atoms with Crippen molar-refractivity contribution >= 4 is 17.3 Å². The van der Waals surface area contributed by atoms with Gasteiger partial charge in [0.2, 0.25) is 0 Å². The Labute approximate surface area is 109 Å². The van der Waals surface area contributed by atoms with E-state index in [1.54, 1.807) is 11.0 Å². The maximum absolute atomic E-state index is 13.4. The largest absolute Gasteiger partial charge is 0.398 e. The van der Waals surface area contributed by atoms with Gasteiger partial charge in [-0.3, -0.25) is 10.2 Å². The van der Waals surface area contributed by atoms with E-state index in [0.717, 1.165) is 0 Å². The fraction of sp³-hybridized carbons (Fsp3) is 0.417. The van der Waals surface area contributed by atoms with Crippen LogP contribution in [0.15, 0.2) is 18.2 Å². The molecule has 0 saturated carbocycles. The SMILES string of the molecule is NNC(=O)c1cc(N2CCCC(F)(F)C2)ccc1N. The van der Waals surface area contributed by atoms with Gasteiger partial charge in [-0.2, -0.15) is 0 Å². The predicted octanol–water partition coefficient (Wildman–Crippen LogP) is 1.11. The highest BCUT2D eigenvalue weighted by Gasteiger charge is 2.35. The van der Waals surface area contributed by atoms with E-state index in [4.69, 9.17) is 11.6 Å². The van der Waals surface area contributed by atoms with Crippen LogP contribution >= 0.6 is 0 Å². The number of hydrazine groups is 1. The molecule has 1 aliphatic heterocycles. The third-order valence-corrected chi connectivity index (χ3v) is 3.17. The van der Waals surface area contributed by atoms with Crippen LogP contribution in [0.1, 0.15) is 23.2 Å². The van der Waals surface area contributed by atoms with Crippen molar-refractivity contribution in [2.24, 2.45) is 5.84 Å². The lowest BCUT2D eigenvalue weighted by Crippen LogP contribution is -2.42. The van der Waals surface area contributed by atoms with Crippen molar-refractivity contribution in [2.75, 3.05) is 23.7 Å². The third-order valence-electron chi connectivity index (χ3n) is 3.17. The standard InChI is InChI=1S/C12H16F2N4O/c13-12(14)4-1-5-18(7-12)8-2-3-10(15)9(6-8)11(19)17-16/h2-3,6H,1,4-5,7,15-16H2,(H,17,19). The first kappa shape index (κ1) is 13.5. The predicted molar refractivity (Wildman–Crippen MR) is 68.9 cm³/mol. The number of nitrogens with two attached hydrogens (primary N) is 2. The number of hydrogen-bond donors (Lipinski definition) is 3. The number of nitrogens with zero attached hydrogens (tertiary/aromatic N) is 1. The average molecular weight is 270 g/mol. The molecule has 1 saturated heterocycles. The number of nitrogens with one attached hydrogen (secondary N) is 1. The lowest BCUT2D eigenvalue weighted by atomic mass is 10.0. The van der Waals surface area contributed by atoms with Crippen molar-refractivity contribution in [1.82, 2.24) is 5.43 Å². The molecular weight excluding hydrogens is 254 g/mol. The Morgan fingerprint density at radius 1 is 1.42 bits per heavy atom. The summed E-state index contributed by atoms with van der Waals surface area (Å²) in [5.74, 6) is 1.82. The molecule has 5 N–H and O–H groups in total. The Kier molecular flexibility index (Phi) is 3.57. The second-order valence-corrected chi connectivity index (χ2v) is 4.63. The molecule has 0 radical (unpaired) electrons. The Bertz CT molecular complexity index is 493. The molecule has 0 atom stereocenters. The van der Waals surface area contributed by atoms with Crippen molar-refractivity contribution in [1.29, 1.82) is 0 Å². The minimum Gasteiger partial charge on any atom is -0.398 e. The first-order chi connectivity index (χ1) is 8.93. The first-order valence-electron chi connectivity index (χ1n) is 5.96. The zero-order valence-corrected chi connectivity index (χ0v) is 10.3. The van der Waals surface area contributed by atoms with Gasteiger partial charge < -0.3 is 10.6 Å². The van der Waals surface area contributed by atoms with Gasteiger partial charge in [0.15, 0.2) is 0 Å². The van der Waals surface area contributed by atoms with E-state index in [2.05, 4.69) is 0 Å². The van der Waals surface area contributed by atoms with Crippen molar-refractivity contribution < 1.29 is 13.6 Å². The molecule has 7 heteroatoms. The van der Waals surface area contributed by atoms with Gasteiger partial charge in [0.1, 0.15) is 0 Å². The van der Waals surface area contributed by atoms with Crippen LogP contribution in [0.5, 0.6) is 0 Å². The van der Waals surface area contributed by atoms with Gasteiger partial charge in [-0.1, -0.05) is 0 Å². The summed E-state index contributed by atoms with van der Waals surface area (Å²) in [5, 5.41) is 0. The number of carbonyl (C=O) groups excluding carboxylic acids is 1. The minimum atomic E-state index is -2.70. The molecule has 0 aromatic heterocycles. The number of carbonyl (C=O) groups is 1. The molecule has 19 heavy (non-hydrogen) atoms. The van der Waals surface area contributed by atoms with Crippen LogP contribution in [0, 0.1) is 0 Å². The quantitative estimate of drug-likeness (QED) is 0.325. The van der Waals surface area contributed by atoms with Gasteiger partial charge in [-0.25, -0.2) is 14.6 Å². The monoisotopic (exact) mass is 270 g/mol. The molecule has 2 rings (SSSR count). The number of hydrogen-bond acceptors (Lipinski definition) is 4. The lowest BCUT2D eigenvalue weighted by molar-refractivity contribution is -0.0116. The normalized spacial score (nSPS) is 18.2. The topological polar surface area (TPSA) is 84.4 Å². The number of rotatable bonds is 2. The Balaban J connectivity index is 2.28. The summed E-state index contributed by atoms with van der Waals surface area (Å²) in [5.41, 5.74) is 8.65. The fourth-order valence-electron chi connectivity index (χ4n) is 2.20. The highest BCUT2D eigenvalue weighted by Crippen LogP contribution is 2.31. The van der Waals surface area contributed by atoms with Crippen LogP contribution in [0.25, 0.3) is 0 Å². The van der Waals surface area contributed by atoms with Crippen molar-refractivity contribution in [2.45, 2.75) is 18.8 Å². The number of benzene rings is 1. The van der Waals surface area contributed by atoms with Crippen LogP contribution in [0.3, 0.4) is 0 Å². The van der Waals surface area contributed by atoms with Crippen LogP contribution in [-0.4, -0.2) is 24.9 Å². The zero-order chi connectivity index (χ0) is 14.0. The molecule has 1 fully saturated rings. The van der Waals surface area contributed by atoms with Gasteiger partial charge in [0.05, 0.1) is 12.1 Å². The molecule has 0 aliphatic carbocycles. The Morgan fingerprint density at radius 3 is 2.79 bits per heavy atom. The van der Waals surface area contributed by atoms with Crippen LogP contribution < -0.4 is 21.9 Å². The second kappa shape index (κ2) is 5.00. The Hall–Kier alpha value is -1.89. The first-order valence-corrected chi connectivity index (χ1v) is 5.96. The smallest absolute Gasteiger partial charge is 0.267 e. The summed E-state index contributed by atoms with van der Waals surface area (Å²) in [6.45, 7) is 0.184. The molecule has 1 aliphatic rings. The van der Waals surface area contributed by atoms with Crippen LogP contribution in [-0.2, 0) is 0 Å². The summed E-state index contributed by atoms with van der Waals surface area (Å²) in [6.07, 6.45) is 0.310. The van der Waals surface area contributed by atoms with Crippen molar-refractivity contribution in [3.05, 3.63) is 23.8 Å². The zero-order valence-electron chi connectivity index (χ0n) is 10.3. The summed E-state index contributed by atoms with van der Waals surface area (Å²) in [4.78, 5) is 13.1. The molecule has 0 bridgehead atoms. The molecule has 0 spiro atoms. The summed E-state index contributed by atoms with van der Waals surface area (Å²) < 4.78 is 26.8. The number of amides is 1. The highest BCUT2D eigenvalue weighted by molar-refractivity contribution is 5.99. The van der Waals surface area contributed by atoms with E-state index < -0.39 is 11.8 Å². The fourth-order valence-corrected chi connectivity index (χ4v) is 2.20. The number of anilines is 2. The molecule has 104 valence electrons. The summed E-state index contributed by atoms with van der Waals surface area (Å²) >= 11 is 0.